The van der Waals surface area contributed by atoms with E-state index in [1.807, 2.05) is 14.0 Å². The molecule has 0 spiro atoms. The Hall–Kier alpha value is -1.39. The molecule has 0 heterocycles. The highest BCUT2D eigenvalue weighted by Crippen LogP contribution is 2.08. The second-order valence-electron chi connectivity index (χ2n) is 4.60. The Morgan fingerprint density at radius 3 is 2.82 bits per heavy atom. The van der Waals surface area contributed by atoms with Crippen LogP contribution in [0.15, 0.2) is 24.3 Å². The highest BCUT2D eigenvalue weighted by Gasteiger charge is 2.13. The first-order valence-corrected chi connectivity index (χ1v) is 5.77. The summed E-state index contributed by atoms with van der Waals surface area (Å²) in [6.07, 6.45) is 0. The fraction of sp³-hybridized carbons (Fsp3) is 0.462. The smallest absolute Gasteiger partial charge is 0.237 e. The van der Waals surface area contributed by atoms with E-state index in [9.17, 15) is 4.79 Å². The number of nitrogens with zero attached hydrogens (tertiary/aromatic N) is 1. The van der Waals surface area contributed by atoms with Gasteiger partial charge in [0, 0.05) is 19.0 Å². The van der Waals surface area contributed by atoms with Gasteiger partial charge in [-0.15, -0.1) is 0 Å². The summed E-state index contributed by atoms with van der Waals surface area (Å²) in [4.78, 5) is 13.4. The zero-order chi connectivity index (χ0) is 12.8. The van der Waals surface area contributed by atoms with Crippen LogP contribution in [0.2, 0.25) is 0 Å². The molecule has 17 heavy (non-hydrogen) atoms. The fourth-order valence-electron chi connectivity index (χ4n) is 1.88. The van der Waals surface area contributed by atoms with Gasteiger partial charge < -0.3 is 4.90 Å². The number of hydrogen-bond acceptors (Lipinski definition) is 3. The molecule has 1 rings (SSSR count). The molecular weight excluding hydrogens is 214 g/mol. The van der Waals surface area contributed by atoms with Crippen molar-refractivity contribution in [2.24, 2.45) is 11.8 Å². The van der Waals surface area contributed by atoms with E-state index < -0.39 is 0 Å². The van der Waals surface area contributed by atoms with Crippen molar-refractivity contribution in [2.75, 3.05) is 13.6 Å². The van der Waals surface area contributed by atoms with Crippen LogP contribution in [-0.2, 0) is 11.3 Å². The summed E-state index contributed by atoms with van der Waals surface area (Å²) in [7, 11) is 2.00. The Balaban J connectivity index is 2.49. The normalized spacial score (nSPS) is 12.5. The number of hydrazine groups is 1. The van der Waals surface area contributed by atoms with Gasteiger partial charge in [-0.05, 0) is 19.5 Å². The second-order valence-corrected chi connectivity index (χ2v) is 4.60. The molecule has 0 aliphatic rings. The molecule has 1 aromatic rings. The van der Waals surface area contributed by atoms with Crippen molar-refractivity contribution in [3.8, 4) is 0 Å². The van der Waals surface area contributed by atoms with E-state index in [2.05, 4.69) is 41.5 Å². The monoisotopic (exact) mass is 235 g/mol. The van der Waals surface area contributed by atoms with Crippen LogP contribution >= 0.6 is 0 Å². The second kappa shape index (κ2) is 6.37. The quantitative estimate of drug-likeness (QED) is 0.456. The largest absolute Gasteiger partial charge is 0.301 e. The van der Waals surface area contributed by atoms with E-state index >= 15 is 0 Å². The molecule has 1 aromatic carbocycles. The summed E-state index contributed by atoms with van der Waals surface area (Å²) >= 11 is 0. The van der Waals surface area contributed by atoms with Crippen LogP contribution < -0.4 is 11.3 Å². The molecule has 1 amide bonds. The lowest BCUT2D eigenvalue weighted by Gasteiger charge is -2.20. The summed E-state index contributed by atoms with van der Waals surface area (Å²) in [6.45, 7) is 5.48. The zero-order valence-electron chi connectivity index (χ0n) is 10.7. The van der Waals surface area contributed by atoms with Crippen molar-refractivity contribution in [3.63, 3.8) is 0 Å². The maximum Gasteiger partial charge on any atom is 0.237 e. The number of amides is 1. The first kappa shape index (κ1) is 13.7. The fourth-order valence-corrected chi connectivity index (χ4v) is 1.88. The molecule has 4 heteroatoms. The molecule has 4 nitrogen and oxygen atoms in total. The Labute approximate surface area is 103 Å². The highest BCUT2D eigenvalue weighted by atomic mass is 16.2. The first-order valence-electron chi connectivity index (χ1n) is 5.77. The molecule has 94 valence electrons. The van der Waals surface area contributed by atoms with Gasteiger partial charge in [0.05, 0.1) is 0 Å². The van der Waals surface area contributed by atoms with Gasteiger partial charge in [-0.2, -0.15) is 0 Å². The van der Waals surface area contributed by atoms with Crippen molar-refractivity contribution in [1.29, 1.82) is 0 Å². The summed E-state index contributed by atoms with van der Waals surface area (Å²) < 4.78 is 0. The highest BCUT2D eigenvalue weighted by molar-refractivity contribution is 5.77. The molecule has 0 saturated carbocycles. The lowest BCUT2D eigenvalue weighted by molar-refractivity contribution is -0.125. The van der Waals surface area contributed by atoms with Crippen LogP contribution in [0.1, 0.15) is 18.1 Å². The van der Waals surface area contributed by atoms with Crippen molar-refractivity contribution in [2.45, 2.75) is 20.4 Å². The molecule has 0 radical (unpaired) electrons. The first-order chi connectivity index (χ1) is 8.02. The number of nitrogens with two attached hydrogens (primary N) is 1. The third-order valence-corrected chi connectivity index (χ3v) is 2.71. The van der Waals surface area contributed by atoms with Crippen molar-refractivity contribution in [3.05, 3.63) is 35.4 Å². The molecule has 0 aliphatic heterocycles. The van der Waals surface area contributed by atoms with Crippen molar-refractivity contribution < 1.29 is 4.79 Å². The van der Waals surface area contributed by atoms with Crippen LogP contribution in [0.5, 0.6) is 0 Å². The van der Waals surface area contributed by atoms with Crippen molar-refractivity contribution in [1.82, 2.24) is 10.3 Å². The lowest BCUT2D eigenvalue weighted by atomic mass is 10.1. The molecule has 0 aliphatic carbocycles. The number of hydrogen-bond donors (Lipinski definition) is 2. The zero-order valence-corrected chi connectivity index (χ0v) is 10.7. The minimum Gasteiger partial charge on any atom is -0.301 e. The summed E-state index contributed by atoms with van der Waals surface area (Å²) in [5.41, 5.74) is 4.69. The van der Waals surface area contributed by atoms with Crippen LogP contribution in [-0.4, -0.2) is 24.4 Å². The Morgan fingerprint density at radius 2 is 2.24 bits per heavy atom. The van der Waals surface area contributed by atoms with Crippen LogP contribution in [0.25, 0.3) is 0 Å². The van der Waals surface area contributed by atoms with Gasteiger partial charge in [-0.1, -0.05) is 36.8 Å². The maximum absolute atomic E-state index is 11.3. The Kier molecular flexibility index (Phi) is 5.12. The van der Waals surface area contributed by atoms with Gasteiger partial charge >= 0.3 is 0 Å². The molecule has 0 saturated heterocycles. The molecule has 1 atom stereocenters. The molecule has 0 bridgehead atoms. The number of aryl methyl sites for hydroxylation is 1. The van der Waals surface area contributed by atoms with Gasteiger partial charge in [0.15, 0.2) is 0 Å². The van der Waals surface area contributed by atoms with Crippen molar-refractivity contribution >= 4 is 5.91 Å². The maximum atomic E-state index is 11.3. The topological polar surface area (TPSA) is 58.4 Å². The molecule has 0 aromatic heterocycles. The third-order valence-electron chi connectivity index (χ3n) is 2.71. The van der Waals surface area contributed by atoms with E-state index in [0.717, 1.165) is 6.54 Å². The minimum atomic E-state index is -0.124. The Bertz CT molecular complexity index is 379. The standard InChI is InChI=1S/C13H21N3O/c1-10-5-4-6-12(7-10)9-16(3)8-11(2)13(17)15-14/h4-7,11H,8-9,14H2,1-3H3,(H,15,17). The summed E-state index contributed by atoms with van der Waals surface area (Å²) in [6, 6.07) is 8.38. The lowest BCUT2D eigenvalue weighted by Crippen LogP contribution is -2.39. The van der Waals surface area contributed by atoms with Crippen LogP contribution in [0.3, 0.4) is 0 Å². The average molecular weight is 235 g/mol. The van der Waals surface area contributed by atoms with Crippen LogP contribution in [0.4, 0.5) is 0 Å². The predicted octanol–water partition coefficient (Wildman–Crippen LogP) is 1.05. The van der Waals surface area contributed by atoms with Gasteiger partial charge in [-0.3, -0.25) is 10.2 Å². The SMILES string of the molecule is Cc1cccc(CN(C)CC(C)C(=O)NN)c1. The minimum absolute atomic E-state index is 0.102. The molecule has 0 fully saturated rings. The average Bonchev–Trinajstić information content (AvgIpc) is 2.27. The number of carbonyl (C=O) groups excluding carboxylic acids is 1. The van der Waals surface area contributed by atoms with Crippen LogP contribution in [0, 0.1) is 12.8 Å². The van der Waals surface area contributed by atoms with E-state index in [1.165, 1.54) is 11.1 Å². The van der Waals surface area contributed by atoms with Gasteiger partial charge in [0.1, 0.15) is 0 Å². The number of nitrogens with one attached hydrogen (secondary N) is 1. The Morgan fingerprint density at radius 1 is 1.53 bits per heavy atom. The predicted molar refractivity (Wildman–Crippen MR) is 69.0 cm³/mol. The van der Waals surface area contributed by atoms with E-state index in [-0.39, 0.29) is 11.8 Å². The third kappa shape index (κ3) is 4.54. The number of rotatable bonds is 5. The van der Waals surface area contributed by atoms with E-state index in [4.69, 9.17) is 5.84 Å². The molecule has 3 N–H and O–H groups in total. The van der Waals surface area contributed by atoms with E-state index in [1.54, 1.807) is 0 Å². The molecule has 1 unspecified atom stereocenters. The number of benzene rings is 1. The van der Waals surface area contributed by atoms with Gasteiger partial charge in [-0.25, -0.2) is 5.84 Å². The number of carbonyl (C=O) groups is 1. The van der Waals surface area contributed by atoms with Gasteiger partial charge in [0.2, 0.25) is 5.91 Å². The van der Waals surface area contributed by atoms with E-state index in [0.29, 0.717) is 6.54 Å². The summed E-state index contributed by atoms with van der Waals surface area (Å²) in [5, 5.41) is 0. The van der Waals surface area contributed by atoms with Gasteiger partial charge in [0.25, 0.3) is 0 Å². The summed E-state index contributed by atoms with van der Waals surface area (Å²) in [5.74, 6) is 4.88. The molecular formula is C13H21N3O.